The van der Waals surface area contributed by atoms with Gasteiger partial charge in [0.1, 0.15) is 0 Å². The molecule has 0 aromatic heterocycles. The molecule has 0 fully saturated rings. The zero-order valence-electron chi connectivity index (χ0n) is 15.3. The minimum atomic E-state index is -0.971. The summed E-state index contributed by atoms with van der Waals surface area (Å²) in [6, 6.07) is 5.98. The van der Waals surface area contributed by atoms with Gasteiger partial charge in [0.15, 0.2) is 0 Å². The molecule has 1 aromatic rings. The van der Waals surface area contributed by atoms with Crippen molar-refractivity contribution >= 4 is 11.3 Å². The summed E-state index contributed by atoms with van der Waals surface area (Å²) < 4.78 is 12.2. The maximum absolute atomic E-state index is 6.33. The van der Waals surface area contributed by atoms with E-state index in [9.17, 15) is 0 Å². The second-order valence-corrected chi connectivity index (χ2v) is 6.45. The van der Waals surface area contributed by atoms with Gasteiger partial charge < -0.3 is 20.9 Å². The quantitative estimate of drug-likeness (QED) is 0.585. The fourth-order valence-corrected chi connectivity index (χ4v) is 3.03. The molecule has 0 spiro atoms. The molecular weight excluding hydrogens is 300 g/mol. The minimum Gasteiger partial charge on any atom is -0.399 e. The van der Waals surface area contributed by atoms with Gasteiger partial charge in [0.25, 0.3) is 0 Å². The number of hydrogen-bond acceptors (Lipinski definition) is 4. The Morgan fingerprint density at radius 3 is 2.25 bits per heavy atom. The molecule has 1 aliphatic rings. The van der Waals surface area contributed by atoms with E-state index >= 15 is 0 Å². The van der Waals surface area contributed by atoms with Crippen molar-refractivity contribution in [3.05, 3.63) is 47.2 Å². The molecule has 1 atom stereocenters. The van der Waals surface area contributed by atoms with Crippen LogP contribution in [0.5, 0.6) is 0 Å². The second kappa shape index (κ2) is 7.86. The molecule has 132 valence electrons. The van der Waals surface area contributed by atoms with Gasteiger partial charge in [-0.25, -0.2) is 0 Å². The number of rotatable bonds is 7. The lowest BCUT2D eigenvalue weighted by Crippen LogP contribution is -2.43. The van der Waals surface area contributed by atoms with Crippen molar-refractivity contribution in [2.24, 2.45) is 11.7 Å². The first kappa shape index (κ1) is 18.6. The highest BCUT2D eigenvalue weighted by molar-refractivity contribution is 5.75. The number of anilines is 1. The number of hydrogen-bond donors (Lipinski definition) is 2. The predicted molar refractivity (Wildman–Crippen MR) is 100 cm³/mol. The van der Waals surface area contributed by atoms with Crippen LogP contribution in [0.4, 0.5) is 5.69 Å². The summed E-state index contributed by atoms with van der Waals surface area (Å²) in [7, 11) is 0. The molecule has 24 heavy (non-hydrogen) atoms. The van der Waals surface area contributed by atoms with Crippen LogP contribution < -0.4 is 11.5 Å². The molecule has 1 aliphatic carbocycles. The van der Waals surface area contributed by atoms with Crippen molar-refractivity contribution in [3.8, 4) is 0 Å². The standard InChI is InChI=1S/C20H30N2O2/c1-5-9-23-20(24-10-6-2)13-18(15(4)12-19(20)22)17-8-7-16(21)11-14(17)3/h7-8,11-13,15H,5-6,9-10,21-22H2,1-4H3. The molecule has 0 saturated heterocycles. The molecule has 4 N–H and O–H groups in total. The van der Waals surface area contributed by atoms with Crippen molar-refractivity contribution in [2.75, 3.05) is 18.9 Å². The highest BCUT2D eigenvalue weighted by Crippen LogP contribution is 2.38. The van der Waals surface area contributed by atoms with Gasteiger partial charge in [-0.2, -0.15) is 0 Å². The molecule has 0 aliphatic heterocycles. The van der Waals surface area contributed by atoms with Crippen LogP contribution >= 0.6 is 0 Å². The van der Waals surface area contributed by atoms with Crippen LogP contribution in [0.2, 0.25) is 0 Å². The van der Waals surface area contributed by atoms with E-state index in [4.69, 9.17) is 20.9 Å². The fourth-order valence-electron chi connectivity index (χ4n) is 3.03. The Morgan fingerprint density at radius 1 is 1.08 bits per heavy atom. The SMILES string of the molecule is CCCOC1(OCCC)C=C(c2ccc(N)cc2C)C(C)C=C1N. The largest absolute Gasteiger partial charge is 0.399 e. The van der Waals surface area contributed by atoms with Gasteiger partial charge in [-0.15, -0.1) is 0 Å². The number of aryl methyl sites for hydroxylation is 1. The van der Waals surface area contributed by atoms with E-state index in [1.165, 1.54) is 0 Å². The first-order chi connectivity index (χ1) is 11.4. The summed E-state index contributed by atoms with van der Waals surface area (Å²) in [6.45, 7) is 9.55. The van der Waals surface area contributed by atoms with E-state index in [0.717, 1.165) is 35.2 Å². The fraction of sp³-hybridized carbons (Fsp3) is 0.500. The molecule has 4 nitrogen and oxygen atoms in total. The summed E-state index contributed by atoms with van der Waals surface area (Å²) in [4.78, 5) is 0. The van der Waals surface area contributed by atoms with Gasteiger partial charge in [0.05, 0.1) is 18.9 Å². The van der Waals surface area contributed by atoms with E-state index in [1.807, 2.05) is 18.2 Å². The zero-order chi connectivity index (χ0) is 17.7. The van der Waals surface area contributed by atoms with Gasteiger partial charge in [0.2, 0.25) is 5.79 Å². The van der Waals surface area contributed by atoms with Gasteiger partial charge >= 0.3 is 0 Å². The van der Waals surface area contributed by atoms with E-state index in [-0.39, 0.29) is 5.92 Å². The molecule has 0 saturated carbocycles. The molecular formula is C20H30N2O2. The van der Waals surface area contributed by atoms with Crippen LogP contribution in [0.25, 0.3) is 5.57 Å². The first-order valence-corrected chi connectivity index (χ1v) is 8.78. The summed E-state index contributed by atoms with van der Waals surface area (Å²) in [5.41, 5.74) is 17.1. The molecule has 0 bridgehead atoms. The maximum Gasteiger partial charge on any atom is 0.230 e. The predicted octanol–water partition coefficient (Wildman–Crippen LogP) is 4.00. The first-order valence-electron chi connectivity index (χ1n) is 8.78. The maximum atomic E-state index is 6.33. The lowest BCUT2D eigenvalue weighted by molar-refractivity contribution is -0.180. The number of allylic oxidation sites excluding steroid dienone is 2. The van der Waals surface area contributed by atoms with Crippen molar-refractivity contribution < 1.29 is 9.47 Å². The smallest absolute Gasteiger partial charge is 0.230 e. The molecule has 1 unspecified atom stereocenters. The van der Waals surface area contributed by atoms with E-state index in [2.05, 4.69) is 39.8 Å². The van der Waals surface area contributed by atoms with E-state index in [1.54, 1.807) is 0 Å². The monoisotopic (exact) mass is 330 g/mol. The molecule has 0 heterocycles. The molecule has 4 heteroatoms. The van der Waals surface area contributed by atoms with Crippen LogP contribution in [0.15, 0.2) is 36.0 Å². The zero-order valence-corrected chi connectivity index (χ0v) is 15.3. The van der Waals surface area contributed by atoms with Crippen LogP contribution in [0, 0.1) is 12.8 Å². The Balaban J connectivity index is 2.48. The Bertz CT molecular complexity index is 627. The number of benzene rings is 1. The second-order valence-electron chi connectivity index (χ2n) is 6.45. The molecule has 2 rings (SSSR count). The summed E-state index contributed by atoms with van der Waals surface area (Å²) >= 11 is 0. The van der Waals surface area contributed by atoms with Crippen LogP contribution in [-0.4, -0.2) is 19.0 Å². The Kier molecular flexibility index (Phi) is 6.08. The van der Waals surface area contributed by atoms with Gasteiger partial charge in [0, 0.05) is 11.6 Å². The number of nitrogens with two attached hydrogens (primary N) is 2. The van der Waals surface area contributed by atoms with Gasteiger partial charge in [-0.3, -0.25) is 0 Å². The molecule has 0 amide bonds. The highest BCUT2D eigenvalue weighted by atomic mass is 16.7. The Morgan fingerprint density at radius 2 is 1.71 bits per heavy atom. The summed E-state index contributed by atoms with van der Waals surface area (Å²) in [5, 5.41) is 0. The van der Waals surface area contributed by atoms with Gasteiger partial charge in [-0.1, -0.05) is 32.9 Å². The Labute approximate surface area is 145 Å². The third-order valence-corrected chi connectivity index (χ3v) is 4.27. The van der Waals surface area contributed by atoms with Crippen molar-refractivity contribution in [2.45, 2.75) is 46.3 Å². The lowest BCUT2D eigenvalue weighted by Gasteiger charge is -2.37. The number of nitrogen functional groups attached to an aromatic ring is 1. The average molecular weight is 330 g/mol. The summed E-state index contributed by atoms with van der Waals surface area (Å²) in [6.07, 6.45) is 5.90. The van der Waals surface area contributed by atoms with Crippen LogP contribution in [0.3, 0.4) is 0 Å². The highest BCUT2D eigenvalue weighted by Gasteiger charge is 2.37. The minimum absolute atomic E-state index is 0.191. The van der Waals surface area contributed by atoms with Crippen LogP contribution in [0.1, 0.15) is 44.7 Å². The van der Waals surface area contributed by atoms with E-state index < -0.39 is 5.79 Å². The normalized spacial score (nSPS) is 19.8. The lowest BCUT2D eigenvalue weighted by atomic mass is 9.84. The van der Waals surface area contributed by atoms with Crippen molar-refractivity contribution in [3.63, 3.8) is 0 Å². The third kappa shape index (κ3) is 3.82. The van der Waals surface area contributed by atoms with Crippen molar-refractivity contribution in [1.29, 1.82) is 0 Å². The topological polar surface area (TPSA) is 70.5 Å². The van der Waals surface area contributed by atoms with Crippen molar-refractivity contribution in [1.82, 2.24) is 0 Å². The molecule has 1 aromatic carbocycles. The van der Waals surface area contributed by atoms with E-state index in [0.29, 0.717) is 18.9 Å². The Hall–Kier alpha value is -1.78. The summed E-state index contributed by atoms with van der Waals surface area (Å²) in [5.74, 6) is -0.780. The van der Waals surface area contributed by atoms with Crippen LogP contribution in [-0.2, 0) is 9.47 Å². The third-order valence-electron chi connectivity index (χ3n) is 4.27. The molecule has 0 radical (unpaired) electrons. The van der Waals surface area contributed by atoms with Gasteiger partial charge in [-0.05, 0) is 54.7 Å². The average Bonchev–Trinajstić information content (AvgIpc) is 2.54. The number of ether oxygens (including phenoxy) is 2.